The molecule has 7 nitrogen and oxygen atoms in total. The van der Waals surface area contributed by atoms with Crippen LogP contribution in [0.1, 0.15) is 38.8 Å². The molecule has 33 heavy (non-hydrogen) atoms. The second kappa shape index (κ2) is 9.32. The Morgan fingerprint density at radius 3 is 2.00 bits per heavy atom. The summed E-state index contributed by atoms with van der Waals surface area (Å²) < 4.78 is 11.6. The van der Waals surface area contributed by atoms with Crippen molar-refractivity contribution in [2.45, 2.75) is 40.5 Å². The average Bonchev–Trinajstić information content (AvgIpc) is 2.73. The smallest absolute Gasteiger partial charge is 0.200 e. The van der Waals surface area contributed by atoms with E-state index in [1.165, 1.54) is 19.2 Å². The minimum atomic E-state index is -0.464. The highest BCUT2D eigenvalue weighted by Gasteiger charge is 2.24. The number of benzene rings is 2. The summed E-state index contributed by atoms with van der Waals surface area (Å²) >= 11 is 0. The van der Waals surface area contributed by atoms with Gasteiger partial charge >= 0.3 is 0 Å². The summed E-state index contributed by atoms with van der Waals surface area (Å²) in [5.41, 5.74) is 2.39. The van der Waals surface area contributed by atoms with E-state index in [0.29, 0.717) is 5.56 Å². The van der Waals surface area contributed by atoms with E-state index < -0.39 is 11.2 Å². The SMILES string of the molecule is COc1cc(O)c(O)cc1-c1oc2c(CC=C(C)C)c(O)cc(O)c2c(=O)c1CC=C(C)C. The van der Waals surface area contributed by atoms with Crippen LogP contribution in [0.25, 0.3) is 22.3 Å². The Morgan fingerprint density at radius 2 is 1.42 bits per heavy atom. The van der Waals surface area contributed by atoms with Crippen molar-refractivity contribution >= 4 is 11.0 Å². The van der Waals surface area contributed by atoms with Crippen molar-refractivity contribution in [1.29, 1.82) is 0 Å². The number of phenolic OH excluding ortho intramolecular Hbond substituents is 4. The zero-order valence-electron chi connectivity index (χ0n) is 19.3. The summed E-state index contributed by atoms with van der Waals surface area (Å²) in [6.45, 7) is 7.59. The molecule has 0 radical (unpaired) electrons. The minimum Gasteiger partial charge on any atom is -0.507 e. The maximum Gasteiger partial charge on any atom is 0.200 e. The lowest BCUT2D eigenvalue weighted by Crippen LogP contribution is -2.12. The summed E-state index contributed by atoms with van der Waals surface area (Å²) in [5, 5.41) is 41.1. The van der Waals surface area contributed by atoms with Crippen LogP contribution >= 0.6 is 0 Å². The van der Waals surface area contributed by atoms with Crippen LogP contribution in [0, 0.1) is 0 Å². The first-order valence-electron chi connectivity index (χ1n) is 10.5. The predicted molar refractivity (Wildman–Crippen MR) is 127 cm³/mol. The molecule has 0 aliphatic carbocycles. The van der Waals surface area contributed by atoms with Gasteiger partial charge in [-0.1, -0.05) is 23.3 Å². The maximum absolute atomic E-state index is 13.6. The lowest BCUT2D eigenvalue weighted by Gasteiger charge is -2.16. The number of fused-ring (bicyclic) bond motifs is 1. The van der Waals surface area contributed by atoms with Gasteiger partial charge in [0.1, 0.15) is 34.0 Å². The van der Waals surface area contributed by atoms with Crippen molar-refractivity contribution in [2.75, 3.05) is 7.11 Å². The molecular formula is C26H28O7. The van der Waals surface area contributed by atoms with Crippen molar-refractivity contribution in [1.82, 2.24) is 0 Å². The third kappa shape index (κ3) is 4.67. The molecule has 0 aliphatic heterocycles. The van der Waals surface area contributed by atoms with Crippen LogP contribution in [-0.4, -0.2) is 27.5 Å². The number of allylic oxidation sites excluding steroid dienone is 4. The lowest BCUT2D eigenvalue weighted by atomic mass is 9.97. The van der Waals surface area contributed by atoms with Crippen molar-refractivity contribution < 1.29 is 29.6 Å². The van der Waals surface area contributed by atoms with E-state index in [2.05, 4.69) is 0 Å². The summed E-state index contributed by atoms with van der Waals surface area (Å²) in [6, 6.07) is 3.62. The van der Waals surface area contributed by atoms with Crippen molar-refractivity contribution in [3.63, 3.8) is 0 Å². The van der Waals surface area contributed by atoms with Crippen LogP contribution in [-0.2, 0) is 12.8 Å². The van der Waals surface area contributed by atoms with E-state index in [9.17, 15) is 25.2 Å². The Bertz CT molecular complexity index is 1340. The summed E-state index contributed by atoms with van der Waals surface area (Å²) in [6.07, 6.45) is 4.19. The average molecular weight is 453 g/mol. The molecule has 4 N–H and O–H groups in total. The van der Waals surface area contributed by atoms with E-state index in [0.717, 1.165) is 17.2 Å². The van der Waals surface area contributed by atoms with Crippen molar-refractivity contribution in [3.8, 4) is 40.1 Å². The highest BCUT2D eigenvalue weighted by atomic mass is 16.5. The molecule has 0 saturated heterocycles. The molecule has 2 aromatic carbocycles. The first-order chi connectivity index (χ1) is 15.5. The number of ether oxygens (including phenoxy) is 1. The van der Waals surface area contributed by atoms with Gasteiger partial charge in [-0.25, -0.2) is 0 Å². The fourth-order valence-electron chi connectivity index (χ4n) is 3.54. The molecule has 0 fully saturated rings. The van der Waals surface area contributed by atoms with Gasteiger partial charge in [-0.05, 0) is 46.6 Å². The molecule has 3 aromatic rings. The Kier molecular flexibility index (Phi) is 6.72. The molecular weight excluding hydrogens is 424 g/mol. The molecule has 3 rings (SSSR count). The quantitative estimate of drug-likeness (QED) is 0.295. The fourth-order valence-corrected chi connectivity index (χ4v) is 3.54. The van der Waals surface area contributed by atoms with Gasteiger partial charge in [-0.3, -0.25) is 4.79 Å². The van der Waals surface area contributed by atoms with Gasteiger partial charge in [0.25, 0.3) is 0 Å². The maximum atomic E-state index is 13.6. The highest BCUT2D eigenvalue weighted by molar-refractivity contribution is 5.91. The summed E-state index contributed by atoms with van der Waals surface area (Å²) in [4.78, 5) is 13.6. The van der Waals surface area contributed by atoms with Gasteiger partial charge < -0.3 is 29.6 Å². The molecule has 1 heterocycles. The van der Waals surface area contributed by atoms with Gasteiger partial charge in [0.15, 0.2) is 11.5 Å². The van der Waals surface area contributed by atoms with E-state index >= 15 is 0 Å². The van der Waals surface area contributed by atoms with Crippen LogP contribution in [0.5, 0.6) is 28.7 Å². The number of methoxy groups -OCH3 is 1. The van der Waals surface area contributed by atoms with Crippen LogP contribution in [0.2, 0.25) is 0 Å². The van der Waals surface area contributed by atoms with Gasteiger partial charge in [0, 0.05) is 23.3 Å². The molecule has 0 unspecified atom stereocenters. The Labute approximate surface area is 191 Å². The van der Waals surface area contributed by atoms with E-state index in [4.69, 9.17) is 9.15 Å². The Morgan fingerprint density at radius 1 is 0.848 bits per heavy atom. The second-order valence-corrected chi connectivity index (χ2v) is 8.35. The molecule has 1 aromatic heterocycles. The van der Waals surface area contributed by atoms with Gasteiger partial charge in [0.2, 0.25) is 5.43 Å². The summed E-state index contributed by atoms with van der Waals surface area (Å²) in [5.74, 6) is -1.09. The normalized spacial score (nSPS) is 10.8. The third-order valence-corrected chi connectivity index (χ3v) is 5.29. The summed E-state index contributed by atoms with van der Waals surface area (Å²) in [7, 11) is 1.39. The zero-order valence-corrected chi connectivity index (χ0v) is 19.3. The number of hydrogen-bond acceptors (Lipinski definition) is 7. The number of aromatic hydroxyl groups is 4. The Balaban J connectivity index is 2.50. The van der Waals surface area contributed by atoms with Gasteiger partial charge in [-0.2, -0.15) is 0 Å². The molecule has 174 valence electrons. The lowest BCUT2D eigenvalue weighted by molar-refractivity contribution is 0.386. The number of rotatable bonds is 6. The van der Waals surface area contributed by atoms with Crippen LogP contribution in [0.3, 0.4) is 0 Å². The third-order valence-electron chi connectivity index (χ3n) is 5.29. The minimum absolute atomic E-state index is 0.0344. The van der Waals surface area contributed by atoms with E-state index in [-0.39, 0.29) is 63.7 Å². The van der Waals surface area contributed by atoms with E-state index in [1.807, 2.05) is 39.8 Å². The Hall–Kier alpha value is -3.87. The number of phenols is 4. The van der Waals surface area contributed by atoms with Gasteiger partial charge in [0.05, 0.1) is 12.7 Å². The van der Waals surface area contributed by atoms with Crippen LogP contribution in [0.15, 0.2) is 50.7 Å². The first kappa shape index (κ1) is 23.8. The van der Waals surface area contributed by atoms with Gasteiger partial charge in [-0.15, -0.1) is 0 Å². The predicted octanol–water partition coefficient (Wildman–Crippen LogP) is 5.31. The molecule has 0 atom stereocenters. The molecule has 0 spiro atoms. The molecule has 0 amide bonds. The number of hydrogen-bond donors (Lipinski definition) is 4. The largest absolute Gasteiger partial charge is 0.507 e. The van der Waals surface area contributed by atoms with Crippen LogP contribution < -0.4 is 10.2 Å². The topological polar surface area (TPSA) is 120 Å². The van der Waals surface area contributed by atoms with Crippen molar-refractivity contribution in [3.05, 3.63) is 62.8 Å². The molecule has 0 aliphatic rings. The second-order valence-electron chi connectivity index (χ2n) is 8.35. The molecule has 7 heteroatoms. The van der Waals surface area contributed by atoms with Crippen molar-refractivity contribution in [2.24, 2.45) is 0 Å². The van der Waals surface area contributed by atoms with E-state index in [1.54, 1.807) is 0 Å². The standard InChI is InChI=1S/C26H28O7/c1-13(2)6-8-15-18(27)11-21(30)23-24(31)16(9-7-14(3)4)25(33-26(15)23)17-10-19(28)20(29)12-22(17)32-5/h6-7,10-12,27-30H,8-9H2,1-5H3. The molecule has 0 bridgehead atoms. The zero-order chi connectivity index (χ0) is 24.4. The first-order valence-corrected chi connectivity index (χ1v) is 10.5. The highest BCUT2D eigenvalue weighted by Crippen LogP contribution is 2.43. The monoisotopic (exact) mass is 452 g/mol. The molecule has 0 saturated carbocycles. The van der Waals surface area contributed by atoms with Crippen LogP contribution in [0.4, 0.5) is 0 Å². The fraction of sp³-hybridized carbons (Fsp3) is 0.269.